The summed E-state index contributed by atoms with van der Waals surface area (Å²) in [4.78, 5) is 18.6. The van der Waals surface area contributed by atoms with Crippen molar-refractivity contribution in [2.75, 3.05) is 14.2 Å². The molecule has 0 saturated carbocycles. The predicted molar refractivity (Wildman–Crippen MR) is 40.2 cm³/mol. The smallest absolute Gasteiger partial charge is 0.192 e. The molecule has 0 amide bonds. The summed E-state index contributed by atoms with van der Waals surface area (Å²) in [6.07, 6.45) is 0.213. The van der Waals surface area contributed by atoms with Crippen molar-refractivity contribution in [3.63, 3.8) is 0 Å². The Morgan fingerprint density at radius 3 is 1.64 bits per heavy atom. The highest BCUT2D eigenvalue weighted by molar-refractivity contribution is 6.23. The van der Waals surface area contributed by atoms with Crippen molar-refractivity contribution in [2.45, 2.75) is 20.1 Å². The molecule has 0 saturated heterocycles. The maximum atomic E-state index is 9.44. The van der Waals surface area contributed by atoms with Crippen LogP contribution in [-0.4, -0.2) is 32.6 Å². The third-order valence-corrected chi connectivity index (χ3v) is 0.830. The van der Waals surface area contributed by atoms with Crippen LogP contribution in [0.3, 0.4) is 0 Å². The Bertz CT molecular complexity index is 107. The van der Waals surface area contributed by atoms with Gasteiger partial charge in [-0.05, 0) is 6.92 Å². The lowest BCUT2D eigenvalue weighted by Crippen LogP contribution is -2.05. The van der Waals surface area contributed by atoms with Crippen LogP contribution in [0.4, 0.5) is 0 Å². The Balaban J connectivity index is 0. The van der Waals surface area contributed by atoms with Crippen LogP contribution in [0.15, 0.2) is 0 Å². The summed E-state index contributed by atoms with van der Waals surface area (Å²) in [5.74, 6) is -0.426. The minimum Gasteiger partial charge on any atom is -0.356 e. The van der Waals surface area contributed by atoms with Gasteiger partial charge in [0.25, 0.3) is 0 Å². The Labute approximate surface area is 66.5 Å². The van der Waals surface area contributed by atoms with Gasteiger partial charge in [0.05, 0.1) is 0 Å². The van der Waals surface area contributed by atoms with Gasteiger partial charge in [0.1, 0.15) is 0 Å². The minimum absolute atomic E-state index is 0.0648. The van der Waals surface area contributed by atoms with E-state index >= 15 is 0 Å². The summed E-state index contributed by atoms with van der Waals surface area (Å²) in [6, 6.07) is 0. The Kier molecular flexibility index (Phi) is 10.9. The summed E-state index contributed by atoms with van der Waals surface area (Å²) >= 11 is 0. The van der Waals surface area contributed by atoms with Crippen LogP contribution in [0, 0.1) is 0 Å². The first-order valence-electron chi connectivity index (χ1n) is 3.09. The van der Waals surface area contributed by atoms with Gasteiger partial charge in [0.15, 0.2) is 18.4 Å². The van der Waals surface area contributed by atoms with E-state index in [0.717, 1.165) is 0 Å². The van der Waals surface area contributed by atoms with Crippen molar-refractivity contribution in [3.05, 3.63) is 0 Å². The molecule has 0 bridgehead atoms. The number of methoxy groups -OCH3 is 2. The van der Waals surface area contributed by atoms with E-state index in [1.807, 2.05) is 6.92 Å². The van der Waals surface area contributed by atoms with Crippen LogP contribution >= 0.6 is 0 Å². The van der Waals surface area contributed by atoms with E-state index in [4.69, 9.17) is 4.79 Å². The molecule has 11 heavy (non-hydrogen) atoms. The van der Waals surface area contributed by atoms with E-state index < -0.39 is 5.78 Å². The van der Waals surface area contributed by atoms with E-state index in [9.17, 15) is 4.79 Å². The molecule has 4 heteroatoms. The molecule has 0 N–H and O–H groups in total. The van der Waals surface area contributed by atoms with E-state index in [-0.39, 0.29) is 12.6 Å². The molecule has 0 unspecified atom stereocenters. The van der Waals surface area contributed by atoms with Gasteiger partial charge in [-0.2, -0.15) is 0 Å². The zero-order valence-electron chi connectivity index (χ0n) is 7.29. The molecule has 66 valence electrons. The van der Waals surface area contributed by atoms with E-state index in [2.05, 4.69) is 9.47 Å². The van der Waals surface area contributed by atoms with Gasteiger partial charge in [-0.15, -0.1) is 0 Å². The van der Waals surface area contributed by atoms with Crippen molar-refractivity contribution < 1.29 is 19.1 Å². The van der Waals surface area contributed by atoms with Crippen LogP contribution in [0.5, 0.6) is 0 Å². The van der Waals surface area contributed by atoms with Gasteiger partial charge in [-0.1, -0.05) is 0 Å². The summed E-state index contributed by atoms with van der Waals surface area (Å²) in [6.45, 7) is 3.05. The van der Waals surface area contributed by atoms with Gasteiger partial charge >= 0.3 is 0 Å². The second-order valence-corrected chi connectivity index (χ2v) is 1.77. The van der Waals surface area contributed by atoms with Crippen molar-refractivity contribution in [1.82, 2.24) is 0 Å². The normalized spacial score (nSPS) is 8.45. The highest BCUT2D eigenvalue weighted by atomic mass is 16.7. The van der Waals surface area contributed by atoms with E-state index in [0.29, 0.717) is 0 Å². The maximum absolute atomic E-state index is 9.44. The van der Waals surface area contributed by atoms with E-state index in [1.54, 1.807) is 14.2 Å². The molecule has 0 aliphatic heterocycles. The summed E-state index contributed by atoms with van der Waals surface area (Å²) in [5, 5.41) is 0. The number of rotatable bonds is 3. The lowest BCUT2D eigenvalue weighted by molar-refractivity contribution is -0.128. The molecule has 0 aliphatic rings. The van der Waals surface area contributed by atoms with Gasteiger partial charge in [-0.3, -0.25) is 9.59 Å². The summed E-state index contributed by atoms with van der Waals surface area (Å²) in [7, 11) is 3.21. The number of carbonyl (C=O) groups is 2. The summed E-state index contributed by atoms with van der Waals surface area (Å²) in [5.41, 5.74) is 0. The average molecular weight is 162 g/mol. The number of hydrogen-bond donors (Lipinski definition) is 0. The maximum Gasteiger partial charge on any atom is 0.192 e. The van der Waals surface area contributed by atoms with Crippen LogP contribution < -0.4 is 0 Å². The first kappa shape index (κ1) is 12.9. The number of ether oxygens (including phenoxy) is 2. The lowest BCUT2D eigenvalue weighted by Gasteiger charge is -2.03. The third kappa shape index (κ3) is 17.6. The average Bonchev–Trinajstić information content (AvgIpc) is 2.04. The zero-order chi connectivity index (χ0) is 9.28. The molecule has 0 rings (SSSR count). The largest absolute Gasteiger partial charge is 0.356 e. The fraction of sp³-hybridized carbons (Fsp3) is 0.714. The fourth-order valence-corrected chi connectivity index (χ4v) is 0.0962. The van der Waals surface area contributed by atoms with Crippen LogP contribution in [0.25, 0.3) is 0 Å². The van der Waals surface area contributed by atoms with Gasteiger partial charge in [0.2, 0.25) is 0 Å². The van der Waals surface area contributed by atoms with Crippen molar-refractivity contribution in [3.8, 4) is 0 Å². The molecule has 4 nitrogen and oxygen atoms in total. The van der Waals surface area contributed by atoms with Gasteiger partial charge in [-0.25, -0.2) is 0 Å². The molecule has 0 aromatic rings. The topological polar surface area (TPSA) is 52.6 Å². The molecular weight excluding hydrogens is 148 g/mol. The third-order valence-electron chi connectivity index (χ3n) is 0.830. The molecule has 0 spiro atoms. The number of hydrogen-bond acceptors (Lipinski definition) is 4. The molecule has 0 aromatic carbocycles. The quantitative estimate of drug-likeness (QED) is 0.342. The fourth-order valence-electron chi connectivity index (χ4n) is 0.0962. The molecule has 0 atom stereocenters. The van der Waals surface area contributed by atoms with Gasteiger partial charge in [0, 0.05) is 21.1 Å². The minimum atomic E-state index is -0.426. The number of aldehydes is 1. The number of Topliss-reactive ketones (excluding diaryl/α,β-unsaturated/α-hetero) is 1. The highest BCUT2D eigenvalue weighted by Crippen LogP contribution is 1.82. The van der Waals surface area contributed by atoms with Crippen molar-refractivity contribution >= 4 is 12.1 Å². The van der Waals surface area contributed by atoms with Crippen LogP contribution in [-0.2, 0) is 19.1 Å². The van der Waals surface area contributed by atoms with Crippen molar-refractivity contribution in [2.24, 2.45) is 0 Å². The number of ketones is 1. The Morgan fingerprint density at radius 2 is 1.64 bits per heavy atom. The Morgan fingerprint density at radius 1 is 1.36 bits per heavy atom. The number of carbonyl (C=O) groups excluding carboxylic acids is 2. The molecular formula is C7H14O4. The second kappa shape index (κ2) is 9.26. The molecule has 0 heterocycles. The molecule has 0 aliphatic carbocycles. The van der Waals surface area contributed by atoms with E-state index in [1.165, 1.54) is 6.92 Å². The summed E-state index contributed by atoms with van der Waals surface area (Å²) < 4.78 is 9.35. The highest BCUT2D eigenvalue weighted by Gasteiger charge is 1.87. The first-order chi connectivity index (χ1) is 5.08. The van der Waals surface area contributed by atoms with Gasteiger partial charge < -0.3 is 9.47 Å². The predicted octanol–water partition coefficient (Wildman–Crippen LogP) is 0.399. The second-order valence-electron chi connectivity index (χ2n) is 1.77. The van der Waals surface area contributed by atoms with Crippen LogP contribution in [0.2, 0.25) is 0 Å². The molecule has 0 fully saturated rings. The monoisotopic (exact) mass is 162 g/mol. The van der Waals surface area contributed by atoms with Crippen LogP contribution in [0.1, 0.15) is 13.8 Å². The standard InChI is InChI=1S/C4H10O2.C3H4O2/c1-4(5-2)6-3;1-3(5)2-4/h4H,1-3H3;2H,1H3. The SMILES string of the molecule is CC(=O)C=O.COC(C)OC. The van der Waals surface area contributed by atoms with Crippen molar-refractivity contribution in [1.29, 1.82) is 0 Å². The molecule has 0 radical (unpaired) electrons. The first-order valence-corrected chi connectivity index (χ1v) is 3.09. The molecule has 0 aromatic heterocycles. The Hall–Kier alpha value is -0.740. The zero-order valence-corrected chi connectivity index (χ0v) is 7.29. The lowest BCUT2D eigenvalue weighted by atomic mass is 10.5.